The van der Waals surface area contributed by atoms with Crippen LogP contribution in [0.2, 0.25) is 0 Å². The summed E-state index contributed by atoms with van der Waals surface area (Å²) in [5.41, 5.74) is 1.88. The number of nitro groups is 1. The molecule has 1 aromatic carbocycles. The van der Waals surface area contributed by atoms with Gasteiger partial charge in [-0.3, -0.25) is 15.1 Å². The van der Waals surface area contributed by atoms with Gasteiger partial charge in [-0.15, -0.1) is 0 Å². The topological polar surface area (TPSA) is 68.1 Å². The Morgan fingerprint density at radius 2 is 2.20 bits per heavy atom. The number of rotatable bonds is 5. The molecule has 0 amide bonds. The molecular weight excluding hydrogens is 322 g/mol. The molecule has 2 rings (SSSR count). The highest BCUT2D eigenvalue weighted by molar-refractivity contribution is 9.10. The van der Waals surface area contributed by atoms with Gasteiger partial charge < -0.3 is 5.32 Å². The van der Waals surface area contributed by atoms with Gasteiger partial charge in [0.2, 0.25) is 0 Å². The molecule has 0 fully saturated rings. The fourth-order valence-corrected chi connectivity index (χ4v) is 2.38. The van der Waals surface area contributed by atoms with E-state index in [1.165, 1.54) is 6.07 Å². The zero-order valence-corrected chi connectivity index (χ0v) is 12.5. The Morgan fingerprint density at radius 3 is 2.85 bits per heavy atom. The molecule has 1 aromatic heterocycles. The molecule has 0 radical (unpaired) electrons. The molecule has 1 atom stereocenters. The minimum atomic E-state index is -0.392. The third-order valence-electron chi connectivity index (χ3n) is 2.90. The summed E-state index contributed by atoms with van der Waals surface area (Å²) in [6.07, 6.45) is 1.75. The van der Waals surface area contributed by atoms with Crippen molar-refractivity contribution < 1.29 is 4.92 Å². The van der Waals surface area contributed by atoms with E-state index in [-0.39, 0.29) is 11.7 Å². The summed E-state index contributed by atoms with van der Waals surface area (Å²) in [6.45, 7) is 2.55. The van der Waals surface area contributed by atoms with Crippen LogP contribution in [0.25, 0.3) is 0 Å². The smallest absolute Gasteiger partial charge is 0.270 e. The van der Waals surface area contributed by atoms with Crippen molar-refractivity contribution in [1.29, 1.82) is 0 Å². The van der Waals surface area contributed by atoms with Crippen LogP contribution in [-0.2, 0) is 6.54 Å². The normalized spacial score (nSPS) is 12.1. The van der Waals surface area contributed by atoms with Crippen LogP contribution >= 0.6 is 15.9 Å². The number of non-ortho nitro benzene ring substituents is 1. The number of nitro benzene ring substituents is 1. The average Bonchev–Trinajstić information content (AvgIpc) is 2.45. The van der Waals surface area contributed by atoms with E-state index in [1.54, 1.807) is 12.3 Å². The van der Waals surface area contributed by atoms with E-state index in [0.717, 1.165) is 11.3 Å². The quantitative estimate of drug-likeness (QED) is 0.669. The predicted octanol–water partition coefficient (Wildman–Crippen LogP) is 3.60. The van der Waals surface area contributed by atoms with Gasteiger partial charge >= 0.3 is 0 Å². The van der Waals surface area contributed by atoms with E-state index in [1.807, 2.05) is 31.2 Å². The Labute approximate surface area is 125 Å². The Kier molecular flexibility index (Phi) is 4.81. The largest absolute Gasteiger partial charge is 0.305 e. The lowest BCUT2D eigenvalue weighted by Crippen LogP contribution is -2.19. The number of aromatic nitrogens is 1. The van der Waals surface area contributed by atoms with Crippen LogP contribution in [0, 0.1) is 10.1 Å². The Morgan fingerprint density at radius 1 is 1.40 bits per heavy atom. The van der Waals surface area contributed by atoms with E-state index in [4.69, 9.17) is 0 Å². The Bertz CT molecular complexity index is 605. The molecule has 20 heavy (non-hydrogen) atoms. The lowest BCUT2D eigenvalue weighted by Gasteiger charge is -2.13. The van der Waals surface area contributed by atoms with Crippen LogP contribution in [0.3, 0.4) is 0 Å². The zero-order chi connectivity index (χ0) is 14.5. The lowest BCUT2D eigenvalue weighted by atomic mass is 10.1. The van der Waals surface area contributed by atoms with Gasteiger partial charge in [-0.1, -0.05) is 22.0 Å². The number of nitrogens with one attached hydrogen (secondary N) is 1. The van der Waals surface area contributed by atoms with Gasteiger partial charge in [0.25, 0.3) is 5.69 Å². The van der Waals surface area contributed by atoms with Crippen molar-refractivity contribution in [2.75, 3.05) is 0 Å². The number of hydrogen-bond acceptors (Lipinski definition) is 4. The zero-order valence-electron chi connectivity index (χ0n) is 10.9. The molecule has 0 aliphatic rings. The Hall–Kier alpha value is -1.79. The van der Waals surface area contributed by atoms with Gasteiger partial charge in [0, 0.05) is 35.4 Å². The summed E-state index contributed by atoms with van der Waals surface area (Å²) in [6, 6.07) is 10.8. The SMILES string of the molecule is C[C@H](NCc1cc(Br)cc([N+](=O)[O-])c1)c1ccccn1. The number of hydrogen-bond donors (Lipinski definition) is 1. The fourth-order valence-electron chi connectivity index (χ4n) is 1.85. The van der Waals surface area contributed by atoms with Crippen LogP contribution in [0.15, 0.2) is 47.1 Å². The lowest BCUT2D eigenvalue weighted by molar-refractivity contribution is -0.385. The second-order valence-corrected chi connectivity index (χ2v) is 5.35. The molecular formula is C14H14BrN3O2. The predicted molar refractivity (Wildman–Crippen MR) is 80.3 cm³/mol. The molecule has 0 saturated carbocycles. The van der Waals surface area contributed by atoms with E-state index in [9.17, 15) is 10.1 Å². The highest BCUT2D eigenvalue weighted by atomic mass is 79.9. The summed E-state index contributed by atoms with van der Waals surface area (Å²) in [7, 11) is 0. The number of benzene rings is 1. The number of pyridine rings is 1. The molecule has 0 spiro atoms. The van der Waals surface area contributed by atoms with Crippen LogP contribution in [0.4, 0.5) is 5.69 Å². The first-order chi connectivity index (χ1) is 9.56. The maximum atomic E-state index is 10.8. The van der Waals surface area contributed by atoms with Crippen molar-refractivity contribution in [3.63, 3.8) is 0 Å². The maximum absolute atomic E-state index is 10.8. The van der Waals surface area contributed by atoms with Crippen LogP contribution in [0.1, 0.15) is 24.2 Å². The summed E-state index contributed by atoms with van der Waals surface area (Å²) < 4.78 is 0.703. The molecule has 0 aliphatic heterocycles. The minimum absolute atomic E-state index is 0.0780. The van der Waals surface area contributed by atoms with E-state index in [0.29, 0.717) is 11.0 Å². The first-order valence-electron chi connectivity index (χ1n) is 6.14. The van der Waals surface area contributed by atoms with Crippen molar-refractivity contribution in [3.05, 3.63) is 68.4 Å². The van der Waals surface area contributed by atoms with Gasteiger partial charge in [-0.25, -0.2) is 0 Å². The molecule has 0 saturated heterocycles. The molecule has 0 unspecified atom stereocenters. The van der Waals surface area contributed by atoms with Crippen LogP contribution in [-0.4, -0.2) is 9.91 Å². The van der Waals surface area contributed by atoms with Crippen molar-refractivity contribution in [3.8, 4) is 0 Å². The third kappa shape index (κ3) is 3.85. The molecule has 5 nitrogen and oxygen atoms in total. The molecule has 0 aliphatic carbocycles. The number of halogens is 1. The molecule has 6 heteroatoms. The van der Waals surface area contributed by atoms with Crippen LogP contribution in [0.5, 0.6) is 0 Å². The van der Waals surface area contributed by atoms with Gasteiger partial charge in [0.05, 0.1) is 10.6 Å². The molecule has 2 aromatic rings. The monoisotopic (exact) mass is 335 g/mol. The van der Waals surface area contributed by atoms with Gasteiger partial charge in [-0.2, -0.15) is 0 Å². The summed E-state index contributed by atoms with van der Waals surface area (Å²) in [5, 5.41) is 14.1. The van der Waals surface area contributed by atoms with Crippen molar-refractivity contribution in [2.45, 2.75) is 19.5 Å². The fraction of sp³-hybridized carbons (Fsp3) is 0.214. The molecule has 104 valence electrons. The van der Waals surface area contributed by atoms with Gasteiger partial charge in [-0.05, 0) is 30.7 Å². The minimum Gasteiger partial charge on any atom is -0.305 e. The number of nitrogens with zero attached hydrogens (tertiary/aromatic N) is 2. The first-order valence-corrected chi connectivity index (χ1v) is 6.94. The van der Waals surface area contributed by atoms with Crippen molar-refractivity contribution >= 4 is 21.6 Å². The van der Waals surface area contributed by atoms with Crippen molar-refractivity contribution in [1.82, 2.24) is 10.3 Å². The van der Waals surface area contributed by atoms with Gasteiger partial charge in [0.15, 0.2) is 0 Å². The maximum Gasteiger partial charge on any atom is 0.270 e. The van der Waals surface area contributed by atoms with Crippen molar-refractivity contribution in [2.24, 2.45) is 0 Å². The van der Waals surface area contributed by atoms with E-state index < -0.39 is 4.92 Å². The third-order valence-corrected chi connectivity index (χ3v) is 3.35. The summed E-state index contributed by atoms with van der Waals surface area (Å²) in [5.74, 6) is 0. The Balaban J connectivity index is 2.06. The van der Waals surface area contributed by atoms with E-state index in [2.05, 4.69) is 26.2 Å². The van der Waals surface area contributed by atoms with E-state index >= 15 is 0 Å². The molecule has 0 bridgehead atoms. The summed E-state index contributed by atoms with van der Waals surface area (Å²) in [4.78, 5) is 14.7. The second-order valence-electron chi connectivity index (χ2n) is 4.43. The molecule has 1 heterocycles. The van der Waals surface area contributed by atoms with Crippen LogP contribution < -0.4 is 5.32 Å². The molecule has 1 N–H and O–H groups in total. The standard InChI is InChI=1S/C14H14BrN3O2/c1-10(14-4-2-3-5-16-14)17-9-11-6-12(15)8-13(7-11)18(19)20/h2-8,10,17H,9H2,1H3/t10-/m0/s1. The average molecular weight is 336 g/mol. The highest BCUT2D eigenvalue weighted by Gasteiger charge is 2.10. The summed E-state index contributed by atoms with van der Waals surface area (Å²) >= 11 is 3.29. The first kappa shape index (κ1) is 14.6. The van der Waals surface area contributed by atoms with Gasteiger partial charge in [0.1, 0.15) is 0 Å². The highest BCUT2D eigenvalue weighted by Crippen LogP contribution is 2.21. The second kappa shape index (κ2) is 6.58.